The minimum atomic E-state index is -1.03. The Morgan fingerprint density at radius 1 is 1.24 bits per heavy atom. The molecule has 1 aromatic carbocycles. The first kappa shape index (κ1) is 20.4. The number of nitrogens with zero attached hydrogens (tertiary/aromatic N) is 3. The molecule has 9 heteroatoms. The van der Waals surface area contributed by atoms with Gasteiger partial charge in [0.05, 0.1) is 17.9 Å². The van der Waals surface area contributed by atoms with E-state index in [0.717, 1.165) is 0 Å². The van der Waals surface area contributed by atoms with Crippen LogP contribution >= 0.6 is 0 Å². The fraction of sp³-hybridized carbons (Fsp3) is 0.400. The highest BCUT2D eigenvalue weighted by Gasteiger charge is 2.31. The molecule has 1 aliphatic heterocycles. The molecule has 9 nitrogen and oxygen atoms in total. The van der Waals surface area contributed by atoms with Crippen molar-refractivity contribution in [1.82, 2.24) is 19.8 Å². The van der Waals surface area contributed by atoms with Crippen molar-refractivity contribution in [3.63, 3.8) is 0 Å². The predicted octanol–water partition coefficient (Wildman–Crippen LogP) is 1.84. The van der Waals surface area contributed by atoms with Crippen LogP contribution in [0.3, 0.4) is 0 Å². The molecule has 3 rings (SSSR count). The van der Waals surface area contributed by atoms with Gasteiger partial charge in [0, 0.05) is 36.7 Å². The summed E-state index contributed by atoms with van der Waals surface area (Å²) in [5.74, 6) is 0.131. The van der Waals surface area contributed by atoms with Gasteiger partial charge in [0.2, 0.25) is 5.95 Å². The number of carboxylic acid groups (broad SMARTS) is 1. The summed E-state index contributed by atoms with van der Waals surface area (Å²) < 4.78 is 1.48. The van der Waals surface area contributed by atoms with Gasteiger partial charge in [-0.1, -0.05) is 0 Å². The normalized spacial score (nSPS) is 15.8. The zero-order valence-corrected chi connectivity index (χ0v) is 16.9. The van der Waals surface area contributed by atoms with E-state index < -0.39 is 6.09 Å². The maximum atomic E-state index is 13.4. The van der Waals surface area contributed by atoms with Gasteiger partial charge in [0.15, 0.2) is 0 Å². The molecular weight excluding hydrogens is 374 g/mol. The van der Waals surface area contributed by atoms with Crippen LogP contribution in [0.25, 0.3) is 5.69 Å². The third-order valence-electron chi connectivity index (χ3n) is 4.89. The van der Waals surface area contributed by atoms with Crippen molar-refractivity contribution in [3.05, 3.63) is 51.4 Å². The highest BCUT2D eigenvalue weighted by atomic mass is 16.4. The van der Waals surface area contributed by atoms with Gasteiger partial charge in [0.25, 0.3) is 11.5 Å². The van der Waals surface area contributed by atoms with Crippen LogP contribution in [-0.2, 0) is 13.0 Å². The first-order valence-corrected chi connectivity index (χ1v) is 9.46. The van der Waals surface area contributed by atoms with E-state index in [0.29, 0.717) is 34.9 Å². The van der Waals surface area contributed by atoms with Gasteiger partial charge in [-0.25, -0.2) is 14.3 Å². The Labute approximate surface area is 168 Å². The first-order valence-electron chi connectivity index (χ1n) is 9.46. The number of rotatable bonds is 4. The van der Waals surface area contributed by atoms with Crippen LogP contribution in [0.1, 0.15) is 42.4 Å². The summed E-state index contributed by atoms with van der Waals surface area (Å²) in [7, 11) is 1.56. The Kier molecular flexibility index (Phi) is 5.58. The second-order valence-corrected chi connectivity index (χ2v) is 7.39. The lowest BCUT2D eigenvalue weighted by Gasteiger charge is -2.32. The number of nitrogens with one attached hydrogen (secondary N) is 2. The SMILES string of the molecule is CNC(=O)c1ccc(-n2c(NC(C)C)nc3c(c2=O)CC(C)N(C(=O)O)C3)cc1. The largest absolute Gasteiger partial charge is 0.465 e. The summed E-state index contributed by atoms with van der Waals surface area (Å²) in [4.78, 5) is 42.5. The van der Waals surface area contributed by atoms with Crippen molar-refractivity contribution in [3.8, 4) is 5.69 Å². The van der Waals surface area contributed by atoms with Gasteiger partial charge in [-0.15, -0.1) is 0 Å². The smallest absolute Gasteiger partial charge is 0.407 e. The van der Waals surface area contributed by atoms with Crippen molar-refractivity contribution in [1.29, 1.82) is 0 Å². The molecule has 0 saturated carbocycles. The van der Waals surface area contributed by atoms with Gasteiger partial charge < -0.3 is 15.7 Å². The van der Waals surface area contributed by atoms with E-state index >= 15 is 0 Å². The van der Waals surface area contributed by atoms with Gasteiger partial charge >= 0.3 is 6.09 Å². The lowest BCUT2D eigenvalue weighted by Crippen LogP contribution is -2.45. The molecule has 3 N–H and O–H groups in total. The highest BCUT2D eigenvalue weighted by molar-refractivity contribution is 5.94. The van der Waals surface area contributed by atoms with E-state index in [1.54, 1.807) is 38.2 Å². The van der Waals surface area contributed by atoms with E-state index in [9.17, 15) is 19.5 Å². The molecule has 0 fully saturated rings. The molecule has 29 heavy (non-hydrogen) atoms. The molecular formula is C20H25N5O4. The van der Waals surface area contributed by atoms with Crippen LogP contribution in [0.5, 0.6) is 0 Å². The van der Waals surface area contributed by atoms with Crippen molar-refractivity contribution in [2.24, 2.45) is 0 Å². The van der Waals surface area contributed by atoms with Gasteiger partial charge in [-0.05, 0) is 45.0 Å². The molecule has 2 aromatic rings. The van der Waals surface area contributed by atoms with E-state index in [1.165, 1.54) is 9.47 Å². The molecule has 1 aliphatic rings. The lowest BCUT2D eigenvalue weighted by molar-refractivity contribution is 0.0962. The molecule has 154 valence electrons. The molecule has 0 radical (unpaired) electrons. The van der Waals surface area contributed by atoms with Crippen LogP contribution in [0, 0.1) is 0 Å². The number of carbonyl (C=O) groups excluding carboxylic acids is 1. The maximum Gasteiger partial charge on any atom is 0.407 e. The number of aromatic nitrogens is 2. The molecule has 1 unspecified atom stereocenters. The number of carbonyl (C=O) groups is 2. The van der Waals surface area contributed by atoms with E-state index in [2.05, 4.69) is 15.6 Å². The summed E-state index contributed by atoms with van der Waals surface area (Å²) in [6.07, 6.45) is -0.733. The van der Waals surface area contributed by atoms with Crippen LogP contribution in [0.15, 0.2) is 29.1 Å². The number of anilines is 1. The molecule has 2 heterocycles. The number of amides is 2. The summed E-state index contributed by atoms with van der Waals surface area (Å²) in [6.45, 7) is 5.70. The Morgan fingerprint density at radius 2 is 1.90 bits per heavy atom. The van der Waals surface area contributed by atoms with E-state index in [4.69, 9.17) is 0 Å². The molecule has 1 atom stereocenters. The Bertz CT molecular complexity index is 997. The monoisotopic (exact) mass is 399 g/mol. The first-order chi connectivity index (χ1) is 13.7. The minimum absolute atomic E-state index is 0.00873. The number of fused-ring (bicyclic) bond motifs is 1. The van der Waals surface area contributed by atoms with Gasteiger partial charge in [-0.2, -0.15) is 0 Å². The molecule has 0 aliphatic carbocycles. The van der Waals surface area contributed by atoms with Crippen molar-refractivity contribution < 1.29 is 14.7 Å². The van der Waals surface area contributed by atoms with Crippen molar-refractivity contribution in [2.45, 2.75) is 45.8 Å². The molecule has 0 saturated heterocycles. The van der Waals surface area contributed by atoms with E-state index in [-0.39, 0.29) is 30.1 Å². The third-order valence-corrected chi connectivity index (χ3v) is 4.89. The Balaban J connectivity index is 2.14. The van der Waals surface area contributed by atoms with Gasteiger partial charge in [-0.3, -0.25) is 14.5 Å². The van der Waals surface area contributed by atoms with Crippen LogP contribution in [0.4, 0.5) is 10.7 Å². The summed E-state index contributed by atoms with van der Waals surface area (Å²) in [5.41, 5.74) is 1.81. The zero-order chi connectivity index (χ0) is 21.3. The number of hydrogen-bond donors (Lipinski definition) is 3. The van der Waals surface area contributed by atoms with Gasteiger partial charge in [0.1, 0.15) is 0 Å². The molecule has 2 amide bonds. The summed E-state index contributed by atoms with van der Waals surface area (Å²) >= 11 is 0. The van der Waals surface area contributed by atoms with Crippen molar-refractivity contribution >= 4 is 17.9 Å². The average molecular weight is 399 g/mol. The fourth-order valence-electron chi connectivity index (χ4n) is 3.42. The summed E-state index contributed by atoms with van der Waals surface area (Å²) in [6, 6.07) is 6.38. The van der Waals surface area contributed by atoms with Crippen LogP contribution in [0.2, 0.25) is 0 Å². The van der Waals surface area contributed by atoms with Crippen LogP contribution < -0.4 is 16.2 Å². The maximum absolute atomic E-state index is 13.4. The zero-order valence-electron chi connectivity index (χ0n) is 16.9. The average Bonchev–Trinajstić information content (AvgIpc) is 2.67. The number of benzene rings is 1. The molecule has 1 aromatic heterocycles. The Morgan fingerprint density at radius 3 is 2.45 bits per heavy atom. The quantitative estimate of drug-likeness (QED) is 0.722. The standard InChI is InChI=1S/C20H25N5O4/c1-11(2)22-19-23-16-10-24(20(28)29)12(3)9-15(16)18(27)25(19)14-7-5-13(6-8-14)17(26)21-4/h5-8,11-12H,9-10H2,1-4H3,(H,21,26)(H,22,23)(H,28,29). The summed E-state index contributed by atoms with van der Waals surface area (Å²) in [5, 5.41) is 15.1. The molecule has 0 spiro atoms. The van der Waals surface area contributed by atoms with Crippen molar-refractivity contribution in [2.75, 3.05) is 12.4 Å². The van der Waals surface area contributed by atoms with Crippen LogP contribution in [-0.4, -0.2) is 50.7 Å². The lowest BCUT2D eigenvalue weighted by atomic mass is 10.00. The number of hydrogen-bond acceptors (Lipinski definition) is 5. The highest BCUT2D eigenvalue weighted by Crippen LogP contribution is 2.23. The fourth-order valence-corrected chi connectivity index (χ4v) is 3.42. The second-order valence-electron chi connectivity index (χ2n) is 7.39. The topological polar surface area (TPSA) is 117 Å². The predicted molar refractivity (Wildman–Crippen MR) is 109 cm³/mol. The second kappa shape index (κ2) is 7.94. The Hall–Kier alpha value is -3.36. The minimum Gasteiger partial charge on any atom is -0.465 e. The van der Waals surface area contributed by atoms with E-state index in [1.807, 2.05) is 13.8 Å². The third kappa shape index (κ3) is 3.94. The molecule has 0 bridgehead atoms.